The number of carbonyl (C=O) groups excluding carboxylic acids is 1. The Bertz CT molecular complexity index is 1070. The van der Waals surface area contributed by atoms with Crippen LogP contribution in [-0.2, 0) is 20.7 Å². The van der Waals surface area contributed by atoms with Gasteiger partial charge in [0.25, 0.3) is 5.79 Å². The fraction of sp³-hybridized carbons (Fsp3) is 0.391. The topological polar surface area (TPSA) is 80.0 Å². The predicted molar refractivity (Wildman–Crippen MR) is 110 cm³/mol. The van der Waals surface area contributed by atoms with E-state index in [0.29, 0.717) is 46.1 Å². The first-order chi connectivity index (χ1) is 14.4. The molecule has 2 aliphatic rings. The lowest BCUT2D eigenvalue weighted by molar-refractivity contribution is -0.193. The smallest absolute Gasteiger partial charge is 0.251 e. The van der Waals surface area contributed by atoms with Crippen molar-refractivity contribution in [1.29, 1.82) is 0 Å². The minimum absolute atomic E-state index is 0.0822. The molecule has 0 saturated carbocycles. The van der Waals surface area contributed by atoms with Crippen molar-refractivity contribution in [1.82, 2.24) is 5.16 Å². The number of rotatable bonds is 6. The molecule has 2 aromatic rings. The van der Waals surface area contributed by atoms with Gasteiger partial charge in [0.1, 0.15) is 17.2 Å². The van der Waals surface area contributed by atoms with Crippen LogP contribution in [0.4, 0.5) is 0 Å². The molecule has 30 heavy (non-hydrogen) atoms. The molecule has 1 aromatic heterocycles. The molecule has 0 N–H and O–H groups in total. The van der Waals surface area contributed by atoms with Gasteiger partial charge in [0.2, 0.25) is 5.76 Å². The fourth-order valence-electron chi connectivity index (χ4n) is 4.28. The monoisotopic (exact) mass is 411 g/mol. The normalized spacial score (nSPS) is 20.4. The van der Waals surface area contributed by atoms with Gasteiger partial charge in [-0.25, -0.2) is 0 Å². The summed E-state index contributed by atoms with van der Waals surface area (Å²) in [6, 6.07) is 3.46. The van der Waals surface area contributed by atoms with Crippen molar-refractivity contribution in [2.24, 2.45) is 0 Å². The molecule has 1 aromatic carbocycles. The van der Waals surface area contributed by atoms with E-state index in [1.165, 1.54) is 14.2 Å². The molecule has 7 nitrogen and oxygen atoms in total. The lowest BCUT2D eigenvalue weighted by atomic mass is 9.63. The van der Waals surface area contributed by atoms with Crippen molar-refractivity contribution >= 4 is 5.78 Å². The van der Waals surface area contributed by atoms with Gasteiger partial charge in [-0.15, -0.1) is 0 Å². The van der Waals surface area contributed by atoms with E-state index in [1.54, 1.807) is 32.4 Å². The number of hydrogen-bond donors (Lipinski definition) is 0. The van der Waals surface area contributed by atoms with Crippen LogP contribution in [0.1, 0.15) is 41.9 Å². The fourth-order valence-corrected chi connectivity index (χ4v) is 4.28. The molecule has 0 amide bonds. The molecule has 1 heterocycles. The maximum atomic E-state index is 14.0. The highest BCUT2D eigenvalue weighted by Crippen LogP contribution is 2.55. The Hall–Kier alpha value is -2.90. The van der Waals surface area contributed by atoms with Crippen molar-refractivity contribution in [2.45, 2.75) is 31.5 Å². The number of hydrogen-bond acceptors (Lipinski definition) is 7. The maximum Gasteiger partial charge on any atom is 0.251 e. The van der Waals surface area contributed by atoms with Crippen molar-refractivity contribution in [3.63, 3.8) is 0 Å². The third-order valence-corrected chi connectivity index (χ3v) is 5.90. The quantitative estimate of drug-likeness (QED) is 0.521. The van der Waals surface area contributed by atoms with Crippen LogP contribution in [0.3, 0.4) is 0 Å². The summed E-state index contributed by atoms with van der Waals surface area (Å²) in [5.41, 5.74) is 2.36. The molecule has 4 rings (SSSR count). The van der Waals surface area contributed by atoms with E-state index in [1.807, 2.05) is 26.0 Å². The van der Waals surface area contributed by atoms with Crippen LogP contribution in [-0.4, -0.2) is 39.4 Å². The van der Waals surface area contributed by atoms with Crippen LogP contribution in [0.15, 0.2) is 40.5 Å². The molecular weight excluding hydrogens is 386 g/mol. The standard InChI is InChI=1S/C23H25NO6/c1-13(2)7-8-22-9-10-23(28-5,29-6)21-18(22)19(24-30-21)17-15(20(22)25)11-14(26-3)12-16(17)27-4/h7,9-12H,8H2,1-6H3/t22-/m1/s1. The van der Waals surface area contributed by atoms with Gasteiger partial charge in [-0.1, -0.05) is 22.9 Å². The molecule has 0 bridgehead atoms. The second kappa shape index (κ2) is 7.11. The number of fused-ring (bicyclic) bond motifs is 2. The first-order valence-corrected chi connectivity index (χ1v) is 9.63. The summed E-state index contributed by atoms with van der Waals surface area (Å²) in [6.07, 6.45) is 6.06. The number of ether oxygens (including phenoxy) is 4. The third-order valence-electron chi connectivity index (χ3n) is 5.90. The highest BCUT2D eigenvalue weighted by atomic mass is 16.7. The largest absolute Gasteiger partial charge is 0.497 e. The predicted octanol–water partition coefficient (Wildman–Crippen LogP) is 4.16. The molecule has 0 unspecified atom stereocenters. The van der Waals surface area contributed by atoms with E-state index < -0.39 is 11.2 Å². The molecule has 0 radical (unpaired) electrons. The molecule has 2 aliphatic carbocycles. The van der Waals surface area contributed by atoms with E-state index in [4.69, 9.17) is 23.5 Å². The Morgan fingerprint density at radius 3 is 2.43 bits per heavy atom. The van der Waals surface area contributed by atoms with Crippen molar-refractivity contribution in [3.8, 4) is 22.8 Å². The Morgan fingerprint density at radius 2 is 1.83 bits per heavy atom. The minimum Gasteiger partial charge on any atom is -0.497 e. The van der Waals surface area contributed by atoms with Crippen molar-refractivity contribution < 1.29 is 28.3 Å². The summed E-state index contributed by atoms with van der Waals surface area (Å²) in [5, 5.41) is 4.35. The van der Waals surface area contributed by atoms with Crippen LogP contribution in [0.5, 0.6) is 11.5 Å². The van der Waals surface area contributed by atoms with E-state index in [9.17, 15) is 4.79 Å². The van der Waals surface area contributed by atoms with Crippen LogP contribution in [0.2, 0.25) is 0 Å². The van der Waals surface area contributed by atoms with Crippen LogP contribution in [0.25, 0.3) is 11.3 Å². The number of allylic oxidation sites excluding steroid dienone is 3. The van der Waals surface area contributed by atoms with Gasteiger partial charge in [-0.3, -0.25) is 4.79 Å². The molecular formula is C23H25NO6. The Balaban J connectivity index is 2.10. The minimum atomic E-state index is -1.26. The van der Waals surface area contributed by atoms with Crippen LogP contribution < -0.4 is 9.47 Å². The van der Waals surface area contributed by atoms with Gasteiger partial charge >= 0.3 is 0 Å². The zero-order chi connectivity index (χ0) is 21.7. The number of ketones is 1. The number of benzene rings is 1. The van der Waals surface area contributed by atoms with E-state index in [-0.39, 0.29) is 5.78 Å². The summed E-state index contributed by atoms with van der Waals surface area (Å²) in [7, 11) is 6.15. The van der Waals surface area contributed by atoms with Crippen molar-refractivity contribution in [3.05, 3.63) is 52.8 Å². The molecule has 0 saturated heterocycles. The Morgan fingerprint density at radius 1 is 1.10 bits per heavy atom. The second-order valence-electron chi connectivity index (χ2n) is 7.68. The number of methoxy groups -OCH3 is 4. The summed E-state index contributed by atoms with van der Waals surface area (Å²) in [4.78, 5) is 14.0. The van der Waals surface area contributed by atoms with Crippen molar-refractivity contribution in [2.75, 3.05) is 28.4 Å². The van der Waals surface area contributed by atoms with Gasteiger partial charge in [0.15, 0.2) is 5.78 Å². The molecule has 7 heteroatoms. The first-order valence-electron chi connectivity index (χ1n) is 9.63. The molecule has 158 valence electrons. The summed E-state index contributed by atoms with van der Waals surface area (Å²) in [6.45, 7) is 4.00. The lowest BCUT2D eigenvalue weighted by Crippen LogP contribution is -2.44. The third kappa shape index (κ3) is 2.58. The number of nitrogens with zero attached hydrogens (tertiary/aromatic N) is 1. The SMILES string of the molecule is COc1cc(OC)c2c(c1)C(=O)[C@]1(CC=C(C)C)C=CC(OC)(OC)c3onc-2c31. The second-order valence-corrected chi connectivity index (χ2v) is 7.68. The maximum absolute atomic E-state index is 14.0. The molecule has 0 spiro atoms. The zero-order valence-electron chi connectivity index (χ0n) is 18.0. The molecule has 0 aliphatic heterocycles. The summed E-state index contributed by atoms with van der Waals surface area (Å²) < 4.78 is 28.1. The van der Waals surface area contributed by atoms with E-state index in [2.05, 4.69) is 5.16 Å². The van der Waals surface area contributed by atoms with Gasteiger partial charge in [-0.05, 0) is 32.4 Å². The summed E-state index contributed by atoms with van der Waals surface area (Å²) >= 11 is 0. The highest BCUT2D eigenvalue weighted by Gasteiger charge is 2.56. The van der Waals surface area contributed by atoms with Gasteiger partial charge in [0, 0.05) is 31.4 Å². The van der Waals surface area contributed by atoms with Gasteiger partial charge in [-0.2, -0.15) is 0 Å². The molecule has 0 fully saturated rings. The highest BCUT2D eigenvalue weighted by molar-refractivity contribution is 6.15. The zero-order valence-corrected chi connectivity index (χ0v) is 18.0. The van der Waals surface area contributed by atoms with Gasteiger partial charge < -0.3 is 23.5 Å². The number of Topliss-reactive ketones (excluding diaryl/α,β-unsaturated/α-hetero) is 1. The summed E-state index contributed by atoms with van der Waals surface area (Å²) in [5.74, 6) is 0.0447. The number of aromatic nitrogens is 1. The Labute approximate surface area is 175 Å². The molecule has 1 atom stereocenters. The Kier molecular flexibility index (Phi) is 4.83. The first kappa shape index (κ1) is 20.4. The van der Waals surface area contributed by atoms with Crippen LogP contribution in [0, 0.1) is 0 Å². The number of carbonyl (C=O) groups is 1. The van der Waals surface area contributed by atoms with E-state index >= 15 is 0 Å². The van der Waals surface area contributed by atoms with Crippen LogP contribution >= 0.6 is 0 Å². The van der Waals surface area contributed by atoms with E-state index in [0.717, 1.165) is 5.57 Å². The average molecular weight is 411 g/mol. The van der Waals surface area contributed by atoms with Gasteiger partial charge in [0.05, 0.1) is 25.2 Å². The average Bonchev–Trinajstić information content (AvgIpc) is 3.22. The lowest BCUT2D eigenvalue weighted by Gasteiger charge is -2.40.